The highest BCUT2D eigenvalue weighted by atomic mass is 19.2. The predicted octanol–water partition coefficient (Wildman–Crippen LogP) is 3.42. The third-order valence-corrected chi connectivity index (χ3v) is 3.13. The van der Waals surface area contributed by atoms with E-state index in [2.05, 4.69) is 0 Å². The van der Waals surface area contributed by atoms with E-state index in [9.17, 15) is 13.6 Å². The molecule has 0 fully saturated rings. The van der Waals surface area contributed by atoms with Crippen molar-refractivity contribution in [3.63, 3.8) is 0 Å². The average Bonchev–Trinajstić information content (AvgIpc) is 2.46. The Labute approximate surface area is 108 Å². The van der Waals surface area contributed by atoms with Gasteiger partial charge in [0.15, 0.2) is 0 Å². The van der Waals surface area contributed by atoms with Crippen LogP contribution in [-0.4, -0.2) is 12.0 Å². The zero-order valence-electron chi connectivity index (χ0n) is 9.85. The Bertz CT molecular complexity index is 627. The number of halogens is 2. The Morgan fingerprint density at radius 2 is 1.63 bits per heavy atom. The van der Waals surface area contributed by atoms with Crippen molar-refractivity contribution < 1.29 is 18.3 Å². The molecule has 1 aliphatic heterocycles. The molecule has 0 amide bonds. The van der Waals surface area contributed by atoms with Gasteiger partial charge in [-0.1, -0.05) is 42.5 Å². The fraction of sp³-hybridized carbons (Fsp3) is 0.133. The Hall–Kier alpha value is -2.23. The van der Waals surface area contributed by atoms with E-state index in [0.29, 0.717) is 0 Å². The number of para-hydroxylation sites is 1. The molecule has 96 valence electrons. The molecule has 0 bridgehead atoms. The Morgan fingerprint density at radius 1 is 1.00 bits per heavy atom. The molecule has 0 radical (unpaired) electrons. The van der Waals surface area contributed by atoms with Crippen molar-refractivity contribution in [2.45, 2.75) is 12.0 Å². The van der Waals surface area contributed by atoms with Gasteiger partial charge in [0.25, 0.3) is 0 Å². The van der Waals surface area contributed by atoms with Crippen molar-refractivity contribution in [1.82, 2.24) is 0 Å². The maximum Gasteiger partial charge on any atom is 0.312 e. The minimum atomic E-state index is -2.77. The summed E-state index contributed by atoms with van der Waals surface area (Å²) < 4.78 is 34.1. The van der Waals surface area contributed by atoms with E-state index in [1.165, 1.54) is 24.3 Å². The van der Waals surface area contributed by atoms with Crippen LogP contribution >= 0.6 is 0 Å². The van der Waals surface area contributed by atoms with E-state index in [-0.39, 0.29) is 16.9 Å². The van der Waals surface area contributed by atoms with Gasteiger partial charge in [-0.2, -0.15) is 4.39 Å². The van der Waals surface area contributed by atoms with Gasteiger partial charge in [-0.15, -0.1) is 0 Å². The van der Waals surface area contributed by atoms with Crippen molar-refractivity contribution in [1.29, 1.82) is 0 Å². The van der Waals surface area contributed by atoms with Crippen molar-refractivity contribution >= 4 is 5.78 Å². The van der Waals surface area contributed by atoms with Crippen LogP contribution in [0.25, 0.3) is 0 Å². The highest BCUT2D eigenvalue weighted by Gasteiger charge is 2.52. The molecule has 0 saturated carbocycles. The zero-order chi connectivity index (χ0) is 13.5. The number of hydrogen-bond donors (Lipinski definition) is 0. The van der Waals surface area contributed by atoms with Crippen LogP contribution in [0.1, 0.15) is 15.9 Å². The summed E-state index contributed by atoms with van der Waals surface area (Å²) in [5, 5.41) is 0. The SMILES string of the molecule is O=C1c2ccccc2O[C@@](F)(c2ccccc2)[C@H]1F. The number of carbonyl (C=O) groups is 1. The third kappa shape index (κ3) is 1.71. The van der Waals surface area contributed by atoms with Crippen molar-refractivity contribution in [2.24, 2.45) is 0 Å². The molecule has 19 heavy (non-hydrogen) atoms. The molecule has 2 aromatic rings. The Morgan fingerprint density at radius 3 is 2.37 bits per heavy atom. The first-order valence-electron chi connectivity index (χ1n) is 5.83. The summed E-state index contributed by atoms with van der Waals surface area (Å²) in [6.45, 7) is 0. The number of ketones is 1. The lowest BCUT2D eigenvalue weighted by Gasteiger charge is -2.33. The summed E-state index contributed by atoms with van der Waals surface area (Å²) in [6.07, 6.45) is -2.37. The first-order chi connectivity index (χ1) is 9.13. The second-order valence-corrected chi connectivity index (χ2v) is 4.34. The molecule has 0 N–H and O–H groups in total. The van der Waals surface area contributed by atoms with Gasteiger partial charge in [-0.05, 0) is 12.1 Å². The lowest BCUT2D eigenvalue weighted by molar-refractivity contribution is -0.120. The van der Waals surface area contributed by atoms with Crippen molar-refractivity contribution in [2.75, 3.05) is 0 Å². The van der Waals surface area contributed by atoms with E-state index in [4.69, 9.17) is 4.74 Å². The topological polar surface area (TPSA) is 26.3 Å². The average molecular weight is 260 g/mol. The van der Waals surface area contributed by atoms with Gasteiger partial charge < -0.3 is 4.74 Å². The number of rotatable bonds is 1. The number of hydrogen-bond acceptors (Lipinski definition) is 2. The highest BCUT2D eigenvalue weighted by Crippen LogP contribution is 2.42. The smallest absolute Gasteiger partial charge is 0.312 e. The molecule has 3 rings (SSSR count). The third-order valence-electron chi connectivity index (χ3n) is 3.13. The summed E-state index contributed by atoms with van der Waals surface area (Å²) in [5.41, 5.74) is 0.0598. The van der Waals surface area contributed by atoms with Crippen LogP contribution in [0, 0.1) is 0 Å². The van der Waals surface area contributed by atoms with Gasteiger partial charge in [0.2, 0.25) is 12.0 Å². The second-order valence-electron chi connectivity index (χ2n) is 4.34. The fourth-order valence-electron chi connectivity index (χ4n) is 2.15. The van der Waals surface area contributed by atoms with Crippen LogP contribution in [0.5, 0.6) is 5.75 Å². The van der Waals surface area contributed by atoms with Crippen LogP contribution in [0.3, 0.4) is 0 Å². The number of carbonyl (C=O) groups excluding carboxylic acids is 1. The standard InChI is InChI=1S/C15H10F2O2/c16-14-13(18)11-8-4-5-9-12(11)19-15(14,17)10-6-2-1-3-7-10/h1-9,14H/t14-,15-/m0/s1. The van der Waals surface area contributed by atoms with E-state index in [0.717, 1.165) is 0 Å². The Kier molecular flexibility index (Phi) is 2.59. The van der Waals surface area contributed by atoms with Gasteiger partial charge in [-0.25, -0.2) is 4.39 Å². The summed E-state index contributed by atoms with van der Waals surface area (Å²) >= 11 is 0. The fourth-order valence-corrected chi connectivity index (χ4v) is 2.15. The number of benzene rings is 2. The largest absolute Gasteiger partial charge is 0.450 e. The lowest BCUT2D eigenvalue weighted by atomic mass is 9.92. The van der Waals surface area contributed by atoms with Crippen molar-refractivity contribution in [3.8, 4) is 5.75 Å². The maximum absolute atomic E-state index is 14.8. The van der Waals surface area contributed by atoms with Crippen LogP contribution in [-0.2, 0) is 5.85 Å². The van der Waals surface area contributed by atoms with Crippen LogP contribution in [0.15, 0.2) is 54.6 Å². The molecule has 2 atom stereocenters. The number of Topliss-reactive ketones (excluding diaryl/α,β-unsaturated/α-hetero) is 1. The molecule has 0 unspecified atom stereocenters. The van der Waals surface area contributed by atoms with Gasteiger partial charge in [0, 0.05) is 5.56 Å². The molecule has 0 aromatic heterocycles. The van der Waals surface area contributed by atoms with Gasteiger partial charge in [0.05, 0.1) is 5.56 Å². The van der Waals surface area contributed by atoms with E-state index < -0.39 is 17.8 Å². The van der Waals surface area contributed by atoms with Crippen molar-refractivity contribution in [3.05, 3.63) is 65.7 Å². The van der Waals surface area contributed by atoms with Gasteiger partial charge in [-0.3, -0.25) is 4.79 Å². The molecular weight excluding hydrogens is 250 g/mol. The number of ether oxygens (including phenoxy) is 1. The zero-order valence-corrected chi connectivity index (χ0v) is 9.85. The minimum absolute atomic E-state index is 0.00893. The molecule has 4 heteroatoms. The van der Waals surface area contributed by atoms with Crippen LogP contribution in [0.4, 0.5) is 8.78 Å². The molecule has 2 aromatic carbocycles. The molecule has 0 aliphatic carbocycles. The molecule has 1 aliphatic rings. The van der Waals surface area contributed by atoms with E-state index in [1.807, 2.05) is 0 Å². The normalized spacial score (nSPS) is 25.6. The Balaban J connectivity index is 2.13. The quantitative estimate of drug-likeness (QED) is 0.785. The lowest BCUT2D eigenvalue weighted by Crippen LogP contribution is -2.46. The first kappa shape index (κ1) is 11.8. The molecular formula is C15H10F2O2. The number of fused-ring (bicyclic) bond motifs is 1. The summed E-state index contributed by atoms with van der Waals surface area (Å²) in [4.78, 5) is 11.9. The second kappa shape index (κ2) is 4.16. The highest BCUT2D eigenvalue weighted by molar-refractivity contribution is 6.03. The minimum Gasteiger partial charge on any atom is -0.450 e. The monoisotopic (exact) mass is 260 g/mol. The summed E-state index contributed by atoms with van der Waals surface area (Å²) in [5.74, 6) is -3.60. The molecule has 0 saturated heterocycles. The van der Waals surface area contributed by atoms with Gasteiger partial charge >= 0.3 is 5.85 Å². The summed E-state index contributed by atoms with van der Waals surface area (Å²) in [7, 11) is 0. The van der Waals surface area contributed by atoms with E-state index >= 15 is 0 Å². The van der Waals surface area contributed by atoms with E-state index in [1.54, 1.807) is 30.3 Å². The molecule has 2 nitrogen and oxygen atoms in total. The molecule has 1 heterocycles. The van der Waals surface area contributed by atoms with Crippen LogP contribution < -0.4 is 4.74 Å². The molecule has 0 spiro atoms. The summed E-state index contributed by atoms with van der Waals surface area (Å²) in [6, 6.07) is 13.7. The predicted molar refractivity (Wildman–Crippen MR) is 65.5 cm³/mol. The number of alkyl halides is 2. The first-order valence-corrected chi connectivity index (χ1v) is 5.83. The van der Waals surface area contributed by atoms with Crippen LogP contribution in [0.2, 0.25) is 0 Å². The van der Waals surface area contributed by atoms with Gasteiger partial charge in [0.1, 0.15) is 5.75 Å². The maximum atomic E-state index is 14.8.